The van der Waals surface area contributed by atoms with Crippen molar-refractivity contribution in [3.05, 3.63) is 107 Å². The van der Waals surface area contributed by atoms with Gasteiger partial charge in [0.15, 0.2) is 6.10 Å². The van der Waals surface area contributed by atoms with E-state index < -0.39 is 0 Å². The lowest BCUT2D eigenvalue weighted by atomic mass is 9.84. The second-order valence-electron chi connectivity index (χ2n) is 8.41. The number of hydrogen-bond acceptors (Lipinski definition) is 3. The Hall–Kier alpha value is -3.40. The van der Waals surface area contributed by atoms with Crippen LogP contribution < -0.4 is 0 Å². The minimum atomic E-state index is -0.366. The third-order valence-corrected chi connectivity index (χ3v) is 6.68. The first-order valence-electron chi connectivity index (χ1n) is 10.5. The largest absolute Gasteiger partial charge is 0.388 e. The molecule has 3 heterocycles. The summed E-state index contributed by atoms with van der Waals surface area (Å²) in [6.07, 6.45) is 0.528. The van der Waals surface area contributed by atoms with Crippen molar-refractivity contribution >= 4 is 11.6 Å². The van der Waals surface area contributed by atoms with E-state index >= 15 is 0 Å². The number of aryl methyl sites for hydroxylation is 1. The van der Waals surface area contributed by atoms with Crippen LogP contribution >= 0.6 is 0 Å². The summed E-state index contributed by atoms with van der Waals surface area (Å²) >= 11 is 0. The quantitative estimate of drug-likeness (QED) is 0.638. The van der Waals surface area contributed by atoms with E-state index in [1.807, 2.05) is 36.4 Å². The van der Waals surface area contributed by atoms with Crippen molar-refractivity contribution < 1.29 is 9.63 Å². The fourth-order valence-electron chi connectivity index (χ4n) is 5.24. The summed E-state index contributed by atoms with van der Waals surface area (Å²) in [5.74, 6) is -0.250. The lowest BCUT2D eigenvalue weighted by molar-refractivity contribution is -0.133. The van der Waals surface area contributed by atoms with Gasteiger partial charge in [-0.15, -0.1) is 0 Å². The smallest absolute Gasteiger partial charge is 0.237 e. The van der Waals surface area contributed by atoms with Crippen LogP contribution in [0.3, 0.4) is 0 Å². The molecule has 0 N–H and O–H groups in total. The fourth-order valence-corrected chi connectivity index (χ4v) is 5.24. The summed E-state index contributed by atoms with van der Waals surface area (Å²) < 4.78 is 0. The molecule has 30 heavy (non-hydrogen) atoms. The van der Waals surface area contributed by atoms with Gasteiger partial charge in [-0.2, -0.15) is 0 Å². The molecular formula is C26H22N2O2. The highest BCUT2D eigenvalue weighted by Gasteiger charge is 2.59. The third-order valence-electron chi connectivity index (χ3n) is 6.68. The Morgan fingerprint density at radius 1 is 0.933 bits per heavy atom. The Kier molecular flexibility index (Phi) is 3.82. The molecule has 1 saturated heterocycles. The standard InChI is InChI=1S/C26H22N2O2/c1-16-11-13-18(14-12-16)23-22-25(30-27-23)24-20-10-6-5-9-19(20)15-21(28(24)26(22)29)17-7-3-2-4-8-17/h2-14,21-22,24-25H,15H2,1H3/t21-,22+,24-,25-/m1/s1. The number of nitrogens with zero attached hydrogens (tertiary/aromatic N) is 2. The van der Waals surface area contributed by atoms with Crippen molar-refractivity contribution in [2.75, 3.05) is 0 Å². The molecular weight excluding hydrogens is 372 g/mol. The van der Waals surface area contributed by atoms with E-state index in [0.29, 0.717) is 0 Å². The molecule has 0 saturated carbocycles. The van der Waals surface area contributed by atoms with Crippen LogP contribution in [0.15, 0.2) is 84.0 Å². The van der Waals surface area contributed by atoms with Gasteiger partial charge in [0, 0.05) is 5.56 Å². The Balaban J connectivity index is 1.46. The van der Waals surface area contributed by atoms with Gasteiger partial charge in [-0.3, -0.25) is 4.79 Å². The summed E-state index contributed by atoms with van der Waals surface area (Å²) in [5.41, 5.74) is 6.54. The van der Waals surface area contributed by atoms with Crippen LogP contribution in [-0.4, -0.2) is 22.6 Å². The first kappa shape index (κ1) is 17.5. The van der Waals surface area contributed by atoms with Crippen LogP contribution in [0.4, 0.5) is 0 Å². The summed E-state index contributed by atoms with van der Waals surface area (Å²) in [6.45, 7) is 2.06. The number of fused-ring (bicyclic) bond motifs is 5. The number of hydrogen-bond donors (Lipinski definition) is 0. The zero-order valence-electron chi connectivity index (χ0n) is 16.7. The molecule has 0 spiro atoms. The zero-order chi connectivity index (χ0) is 20.2. The minimum Gasteiger partial charge on any atom is -0.388 e. The van der Waals surface area contributed by atoms with Gasteiger partial charge >= 0.3 is 0 Å². The maximum atomic E-state index is 13.8. The van der Waals surface area contributed by atoms with Gasteiger partial charge in [0.05, 0.1) is 12.1 Å². The van der Waals surface area contributed by atoms with E-state index in [-0.39, 0.29) is 30.0 Å². The van der Waals surface area contributed by atoms with E-state index in [1.165, 1.54) is 22.3 Å². The van der Waals surface area contributed by atoms with Crippen LogP contribution in [0, 0.1) is 12.8 Å². The number of carbonyl (C=O) groups is 1. The summed E-state index contributed by atoms with van der Waals surface area (Å²) in [6, 6.07) is 26.8. The molecule has 3 aliphatic rings. The molecule has 4 heteroatoms. The molecule has 3 aromatic carbocycles. The summed E-state index contributed by atoms with van der Waals surface area (Å²) in [4.78, 5) is 21.9. The van der Waals surface area contributed by atoms with Crippen LogP contribution in [0.1, 0.15) is 39.9 Å². The Bertz CT molecular complexity index is 1150. The van der Waals surface area contributed by atoms with Gasteiger partial charge in [-0.25, -0.2) is 0 Å². The second kappa shape index (κ2) is 6.56. The topological polar surface area (TPSA) is 41.9 Å². The maximum absolute atomic E-state index is 13.8. The van der Waals surface area contributed by atoms with Gasteiger partial charge in [-0.05, 0) is 30.0 Å². The lowest BCUT2D eigenvalue weighted by Crippen LogP contribution is -2.40. The first-order valence-corrected chi connectivity index (χ1v) is 10.5. The molecule has 0 unspecified atom stereocenters. The van der Waals surface area contributed by atoms with E-state index in [0.717, 1.165) is 17.7 Å². The van der Waals surface area contributed by atoms with Crippen molar-refractivity contribution in [1.29, 1.82) is 0 Å². The lowest BCUT2D eigenvalue weighted by Gasteiger charge is -2.40. The predicted molar refractivity (Wildman–Crippen MR) is 115 cm³/mol. The molecule has 4 atom stereocenters. The monoisotopic (exact) mass is 394 g/mol. The van der Waals surface area contributed by atoms with Gasteiger partial charge in [0.2, 0.25) is 5.91 Å². The molecule has 1 fully saturated rings. The van der Waals surface area contributed by atoms with Gasteiger partial charge in [-0.1, -0.05) is 89.6 Å². The number of rotatable bonds is 2. The van der Waals surface area contributed by atoms with Crippen molar-refractivity contribution in [1.82, 2.24) is 4.90 Å². The second-order valence-corrected chi connectivity index (χ2v) is 8.41. The van der Waals surface area contributed by atoms with Gasteiger partial charge < -0.3 is 9.74 Å². The summed E-state index contributed by atoms with van der Waals surface area (Å²) in [7, 11) is 0. The van der Waals surface area contributed by atoms with Crippen LogP contribution in [0.25, 0.3) is 0 Å². The normalized spacial score (nSPS) is 26.5. The van der Waals surface area contributed by atoms with Crippen LogP contribution in [0.2, 0.25) is 0 Å². The Labute approximate surface area is 175 Å². The number of oxime groups is 1. The number of carbonyl (C=O) groups excluding carboxylic acids is 1. The number of benzene rings is 3. The average molecular weight is 394 g/mol. The molecule has 0 aromatic heterocycles. The molecule has 0 aliphatic carbocycles. The molecule has 6 rings (SSSR count). The van der Waals surface area contributed by atoms with Crippen molar-refractivity contribution in [2.45, 2.75) is 31.5 Å². The molecule has 0 radical (unpaired) electrons. The molecule has 3 aromatic rings. The summed E-state index contributed by atoms with van der Waals surface area (Å²) in [5, 5.41) is 4.40. The van der Waals surface area contributed by atoms with Crippen molar-refractivity contribution in [3.8, 4) is 0 Å². The fraction of sp³-hybridized carbons (Fsp3) is 0.231. The zero-order valence-corrected chi connectivity index (χ0v) is 16.7. The maximum Gasteiger partial charge on any atom is 0.237 e. The van der Waals surface area contributed by atoms with Crippen molar-refractivity contribution in [2.24, 2.45) is 11.1 Å². The van der Waals surface area contributed by atoms with E-state index in [4.69, 9.17) is 4.84 Å². The van der Waals surface area contributed by atoms with E-state index in [2.05, 4.69) is 59.4 Å². The highest BCUT2D eigenvalue weighted by molar-refractivity contribution is 6.15. The van der Waals surface area contributed by atoms with Crippen molar-refractivity contribution in [3.63, 3.8) is 0 Å². The average Bonchev–Trinajstić information content (AvgIpc) is 3.34. The molecule has 4 nitrogen and oxygen atoms in total. The highest BCUT2D eigenvalue weighted by Crippen LogP contribution is 2.51. The molecule has 1 amide bonds. The minimum absolute atomic E-state index is 0.00654. The first-order chi connectivity index (χ1) is 14.7. The van der Waals surface area contributed by atoms with Gasteiger partial charge in [0.25, 0.3) is 0 Å². The highest BCUT2D eigenvalue weighted by atomic mass is 16.6. The molecule has 0 bridgehead atoms. The Morgan fingerprint density at radius 2 is 1.67 bits per heavy atom. The Morgan fingerprint density at radius 3 is 2.47 bits per heavy atom. The number of amides is 1. The third kappa shape index (κ3) is 2.46. The van der Waals surface area contributed by atoms with E-state index in [9.17, 15) is 4.79 Å². The van der Waals surface area contributed by atoms with E-state index in [1.54, 1.807) is 0 Å². The predicted octanol–water partition coefficient (Wildman–Crippen LogP) is 4.60. The van der Waals surface area contributed by atoms with Gasteiger partial charge in [0.1, 0.15) is 11.6 Å². The molecule has 148 valence electrons. The SMILES string of the molecule is Cc1ccc(C2=NO[C@@H]3[C@H]2C(=O)N2[C@@H](c4ccccc4)Cc4ccccc4[C@H]32)cc1. The molecule has 3 aliphatic heterocycles. The van der Waals surface area contributed by atoms with Crippen LogP contribution in [0.5, 0.6) is 0 Å². The van der Waals surface area contributed by atoms with Crippen LogP contribution in [-0.2, 0) is 16.1 Å².